The molecular formula is C12H11N3O2. The lowest BCUT2D eigenvalue weighted by atomic mass is 10.3. The van der Waals surface area contributed by atoms with E-state index in [-0.39, 0.29) is 0 Å². The maximum absolute atomic E-state index is 5.80. The Morgan fingerprint density at radius 1 is 1.29 bits per heavy atom. The summed E-state index contributed by atoms with van der Waals surface area (Å²) in [7, 11) is 0. The number of nitrogen functional groups attached to an aromatic ring is 1. The number of furan rings is 1. The summed E-state index contributed by atoms with van der Waals surface area (Å²) in [6, 6.07) is 7.80. The molecule has 0 unspecified atom stereocenters. The number of nitrogens with two attached hydrogens (primary N) is 1. The van der Waals surface area contributed by atoms with Crippen molar-refractivity contribution >= 4 is 22.8 Å². The minimum atomic E-state index is 0.458. The first-order valence-electron chi connectivity index (χ1n) is 5.23. The lowest BCUT2D eigenvalue weighted by Gasteiger charge is -1.96. The molecule has 5 heteroatoms. The molecule has 2 heterocycles. The van der Waals surface area contributed by atoms with Crippen LogP contribution in [0.25, 0.3) is 11.1 Å². The zero-order chi connectivity index (χ0) is 11.7. The molecule has 0 saturated carbocycles. The van der Waals surface area contributed by atoms with Crippen molar-refractivity contribution < 1.29 is 8.83 Å². The van der Waals surface area contributed by atoms with Crippen molar-refractivity contribution in [2.45, 2.75) is 6.54 Å². The van der Waals surface area contributed by atoms with E-state index in [0.29, 0.717) is 29.3 Å². The van der Waals surface area contributed by atoms with Crippen LogP contribution in [-0.2, 0) is 6.54 Å². The molecule has 3 aromatic rings. The molecule has 0 spiro atoms. The fourth-order valence-electron chi connectivity index (χ4n) is 1.62. The summed E-state index contributed by atoms with van der Waals surface area (Å²) in [5.41, 5.74) is 8.80. The average Bonchev–Trinajstić information content (AvgIpc) is 2.95. The van der Waals surface area contributed by atoms with Crippen LogP contribution in [0.1, 0.15) is 5.56 Å². The van der Waals surface area contributed by atoms with Crippen LogP contribution in [0.3, 0.4) is 0 Å². The molecule has 3 rings (SSSR count). The Bertz CT molecular complexity index is 628. The SMILES string of the molecule is Nc1cccc2oc(NCc3ccoc3)nc12. The van der Waals surface area contributed by atoms with Crippen LogP contribution < -0.4 is 11.1 Å². The maximum atomic E-state index is 5.80. The zero-order valence-electron chi connectivity index (χ0n) is 9.01. The number of hydrogen-bond acceptors (Lipinski definition) is 5. The fraction of sp³-hybridized carbons (Fsp3) is 0.0833. The van der Waals surface area contributed by atoms with E-state index in [4.69, 9.17) is 14.6 Å². The lowest BCUT2D eigenvalue weighted by Crippen LogP contribution is -1.97. The van der Waals surface area contributed by atoms with E-state index in [0.717, 1.165) is 5.56 Å². The smallest absolute Gasteiger partial charge is 0.296 e. The number of rotatable bonds is 3. The molecule has 2 aromatic heterocycles. The van der Waals surface area contributed by atoms with E-state index in [1.807, 2.05) is 18.2 Å². The molecule has 3 N–H and O–H groups in total. The molecule has 0 amide bonds. The van der Waals surface area contributed by atoms with Crippen LogP contribution in [0, 0.1) is 0 Å². The van der Waals surface area contributed by atoms with Gasteiger partial charge in [-0.05, 0) is 18.2 Å². The van der Waals surface area contributed by atoms with Crippen LogP contribution in [0.2, 0.25) is 0 Å². The van der Waals surface area contributed by atoms with E-state index in [9.17, 15) is 0 Å². The highest BCUT2D eigenvalue weighted by molar-refractivity contribution is 5.86. The molecule has 0 fully saturated rings. The van der Waals surface area contributed by atoms with Crippen molar-refractivity contribution in [3.8, 4) is 0 Å². The molecule has 5 nitrogen and oxygen atoms in total. The summed E-state index contributed by atoms with van der Waals surface area (Å²) in [6.07, 6.45) is 3.30. The van der Waals surface area contributed by atoms with Gasteiger partial charge in [-0.3, -0.25) is 0 Å². The van der Waals surface area contributed by atoms with Crippen LogP contribution in [0.15, 0.2) is 45.6 Å². The predicted molar refractivity (Wildman–Crippen MR) is 64.5 cm³/mol. The number of hydrogen-bond donors (Lipinski definition) is 2. The monoisotopic (exact) mass is 229 g/mol. The van der Waals surface area contributed by atoms with Gasteiger partial charge in [-0.1, -0.05) is 6.07 Å². The minimum absolute atomic E-state index is 0.458. The molecule has 17 heavy (non-hydrogen) atoms. The Hall–Kier alpha value is -2.43. The number of nitrogens with one attached hydrogen (secondary N) is 1. The molecule has 0 atom stereocenters. The Morgan fingerprint density at radius 3 is 3.00 bits per heavy atom. The number of anilines is 2. The third kappa shape index (κ3) is 1.82. The first kappa shape index (κ1) is 9.77. The first-order valence-corrected chi connectivity index (χ1v) is 5.23. The molecule has 0 saturated heterocycles. The number of aromatic nitrogens is 1. The van der Waals surface area contributed by atoms with Crippen molar-refractivity contribution in [3.05, 3.63) is 42.4 Å². The molecule has 0 aliphatic rings. The standard InChI is InChI=1S/C12H11N3O2/c13-9-2-1-3-10-11(9)15-12(17-10)14-6-8-4-5-16-7-8/h1-5,7H,6,13H2,(H,14,15). The van der Waals surface area contributed by atoms with Gasteiger partial charge < -0.3 is 19.9 Å². The summed E-state index contributed by atoms with van der Waals surface area (Å²) in [5.74, 6) is 0. The second-order valence-electron chi connectivity index (χ2n) is 3.70. The molecule has 0 radical (unpaired) electrons. The third-order valence-corrected chi connectivity index (χ3v) is 2.47. The number of oxazole rings is 1. The first-order chi connectivity index (χ1) is 8.33. The van der Waals surface area contributed by atoms with Gasteiger partial charge in [0.05, 0.1) is 18.2 Å². The van der Waals surface area contributed by atoms with E-state index in [1.54, 1.807) is 18.6 Å². The summed E-state index contributed by atoms with van der Waals surface area (Å²) in [4.78, 5) is 4.28. The van der Waals surface area contributed by atoms with Gasteiger partial charge >= 0.3 is 0 Å². The van der Waals surface area contributed by atoms with Crippen molar-refractivity contribution in [1.82, 2.24) is 4.98 Å². The minimum Gasteiger partial charge on any atom is -0.472 e. The van der Waals surface area contributed by atoms with Crippen LogP contribution in [0.5, 0.6) is 0 Å². The highest BCUT2D eigenvalue weighted by Crippen LogP contribution is 2.23. The summed E-state index contributed by atoms with van der Waals surface area (Å²) in [5, 5.41) is 3.07. The van der Waals surface area contributed by atoms with E-state index < -0.39 is 0 Å². The topological polar surface area (TPSA) is 77.2 Å². The Kier molecular flexibility index (Phi) is 2.22. The summed E-state index contributed by atoms with van der Waals surface area (Å²) in [6.45, 7) is 0.600. The van der Waals surface area contributed by atoms with Crippen LogP contribution in [-0.4, -0.2) is 4.98 Å². The van der Waals surface area contributed by atoms with Gasteiger partial charge in [0.15, 0.2) is 5.58 Å². The molecule has 86 valence electrons. The predicted octanol–water partition coefficient (Wildman–Crippen LogP) is 2.62. The Labute approximate surface area is 97.2 Å². The number of nitrogens with zero attached hydrogens (tertiary/aromatic N) is 1. The van der Waals surface area contributed by atoms with Gasteiger partial charge in [0.25, 0.3) is 6.01 Å². The maximum Gasteiger partial charge on any atom is 0.296 e. The highest BCUT2D eigenvalue weighted by atomic mass is 16.4. The van der Waals surface area contributed by atoms with Gasteiger partial charge in [0.2, 0.25) is 0 Å². The van der Waals surface area contributed by atoms with Gasteiger partial charge in [-0.15, -0.1) is 0 Å². The molecule has 0 aliphatic heterocycles. The third-order valence-electron chi connectivity index (χ3n) is 2.47. The van der Waals surface area contributed by atoms with E-state index in [2.05, 4.69) is 10.3 Å². The Balaban J connectivity index is 1.84. The quantitative estimate of drug-likeness (QED) is 0.675. The average molecular weight is 229 g/mol. The van der Waals surface area contributed by atoms with Gasteiger partial charge in [-0.2, -0.15) is 4.98 Å². The molecule has 0 bridgehead atoms. The number of para-hydroxylation sites is 1. The number of fused-ring (bicyclic) bond motifs is 1. The molecule has 0 aliphatic carbocycles. The second-order valence-corrected chi connectivity index (χ2v) is 3.70. The van der Waals surface area contributed by atoms with Crippen molar-refractivity contribution in [2.75, 3.05) is 11.1 Å². The summed E-state index contributed by atoms with van der Waals surface area (Å²) < 4.78 is 10.5. The van der Waals surface area contributed by atoms with Crippen molar-refractivity contribution in [1.29, 1.82) is 0 Å². The Morgan fingerprint density at radius 2 is 2.24 bits per heavy atom. The fourth-order valence-corrected chi connectivity index (χ4v) is 1.62. The molecular weight excluding hydrogens is 218 g/mol. The van der Waals surface area contributed by atoms with E-state index >= 15 is 0 Å². The van der Waals surface area contributed by atoms with Crippen LogP contribution in [0.4, 0.5) is 11.7 Å². The summed E-state index contributed by atoms with van der Waals surface area (Å²) >= 11 is 0. The number of benzene rings is 1. The van der Waals surface area contributed by atoms with Gasteiger partial charge in [0.1, 0.15) is 5.52 Å². The van der Waals surface area contributed by atoms with Crippen molar-refractivity contribution in [3.63, 3.8) is 0 Å². The van der Waals surface area contributed by atoms with Gasteiger partial charge in [0, 0.05) is 12.1 Å². The second kappa shape index (κ2) is 3.86. The zero-order valence-corrected chi connectivity index (χ0v) is 9.01. The van der Waals surface area contributed by atoms with Gasteiger partial charge in [-0.25, -0.2) is 0 Å². The van der Waals surface area contributed by atoms with Crippen molar-refractivity contribution in [2.24, 2.45) is 0 Å². The van der Waals surface area contributed by atoms with Crippen LogP contribution >= 0.6 is 0 Å². The lowest BCUT2D eigenvalue weighted by molar-refractivity contribution is 0.563. The molecule has 1 aromatic carbocycles. The van der Waals surface area contributed by atoms with E-state index in [1.165, 1.54) is 0 Å². The normalized spacial score (nSPS) is 10.8. The largest absolute Gasteiger partial charge is 0.472 e. The highest BCUT2D eigenvalue weighted by Gasteiger charge is 2.07.